The van der Waals surface area contributed by atoms with Gasteiger partial charge >= 0.3 is 5.97 Å². The Morgan fingerprint density at radius 2 is 1.91 bits per heavy atom. The van der Waals surface area contributed by atoms with Crippen molar-refractivity contribution in [1.29, 1.82) is 0 Å². The summed E-state index contributed by atoms with van der Waals surface area (Å²) in [4.78, 5) is 44.6. The largest absolute Gasteiger partial charge is 0.503 e. The van der Waals surface area contributed by atoms with Crippen LogP contribution in [0.1, 0.15) is 43.5 Å². The van der Waals surface area contributed by atoms with Crippen molar-refractivity contribution >= 4 is 45.1 Å². The highest BCUT2D eigenvalue weighted by atomic mass is 32.1. The van der Waals surface area contributed by atoms with E-state index in [1.165, 1.54) is 7.11 Å². The molecule has 172 valence electrons. The number of methoxy groups -OCH3 is 1. The average molecular weight is 478 g/mol. The van der Waals surface area contributed by atoms with Crippen molar-refractivity contribution in [2.45, 2.75) is 19.9 Å². The number of thiazole rings is 1. The maximum atomic E-state index is 13.5. The van der Waals surface area contributed by atoms with Crippen molar-refractivity contribution in [3.05, 3.63) is 81.6 Å². The number of amides is 1. The van der Waals surface area contributed by atoms with Crippen LogP contribution < -0.4 is 4.90 Å². The van der Waals surface area contributed by atoms with E-state index in [-0.39, 0.29) is 27.1 Å². The summed E-state index contributed by atoms with van der Waals surface area (Å²) in [6.07, 6.45) is 0. The minimum absolute atomic E-state index is 0.0313. The van der Waals surface area contributed by atoms with Gasteiger partial charge in [0.15, 0.2) is 16.7 Å². The first-order valence-electron chi connectivity index (χ1n) is 10.2. The lowest BCUT2D eigenvalue weighted by Gasteiger charge is -2.22. The standard InChI is InChI=1S/C24H18N2O7S/c1-11-8-9-15(32-11)18-17(19(27)16-10-13-6-4-5-7-14(13)33-16)20(28)22(29)26(18)24-25-12(2)21(34-24)23(30)31-3/h4-10,18,28H,1-3H3. The summed E-state index contributed by atoms with van der Waals surface area (Å²) in [7, 11) is 1.24. The van der Waals surface area contributed by atoms with Gasteiger partial charge in [0.1, 0.15) is 28.0 Å². The molecule has 0 spiro atoms. The number of hydrogen-bond donors (Lipinski definition) is 1. The number of nitrogens with zero attached hydrogens (tertiary/aromatic N) is 2. The maximum absolute atomic E-state index is 13.5. The van der Waals surface area contributed by atoms with E-state index in [9.17, 15) is 19.5 Å². The van der Waals surface area contributed by atoms with Gasteiger partial charge in [0, 0.05) is 5.39 Å². The van der Waals surface area contributed by atoms with Crippen LogP contribution >= 0.6 is 11.3 Å². The molecule has 1 aromatic carbocycles. The van der Waals surface area contributed by atoms with Crippen molar-refractivity contribution in [2.75, 3.05) is 12.0 Å². The Morgan fingerprint density at radius 3 is 2.59 bits per heavy atom. The number of Topliss-reactive ketones (excluding diaryl/α,β-unsaturated/α-hetero) is 1. The Hall–Kier alpha value is -4.18. The highest BCUT2D eigenvalue weighted by Crippen LogP contribution is 2.44. The first-order chi connectivity index (χ1) is 16.3. The molecule has 0 aliphatic carbocycles. The molecule has 34 heavy (non-hydrogen) atoms. The van der Waals surface area contributed by atoms with Gasteiger partial charge in [-0.05, 0) is 38.1 Å². The molecule has 0 saturated carbocycles. The number of benzene rings is 1. The number of anilines is 1. The zero-order valence-corrected chi connectivity index (χ0v) is 19.1. The molecule has 1 unspecified atom stereocenters. The van der Waals surface area contributed by atoms with E-state index < -0.39 is 29.5 Å². The summed E-state index contributed by atoms with van der Waals surface area (Å²) in [6, 6.07) is 10.8. The lowest BCUT2D eigenvalue weighted by Crippen LogP contribution is -2.30. The topological polar surface area (TPSA) is 123 Å². The highest BCUT2D eigenvalue weighted by Gasteiger charge is 2.48. The van der Waals surface area contributed by atoms with E-state index in [2.05, 4.69) is 4.98 Å². The Balaban J connectivity index is 1.64. The average Bonchev–Trinajstić information content (AvgIpc) is 3.58. The Kier molecular flexibility index (Phi) is 5.09. The lowest BCUT2D eigenvalue weighted by atomic mass is 10.00. The fraction of sp³-hybridized carbons (Fsp3) is 0.167. The van der Waals surface area contributed by atoms with Gasteiger partial charge in [-0.25, -0.2) is 9.78 Å². The molecule has 5 rings (SSSR count). The Morgan fingerprint density at radius 1 is 1.15 bits per heavy atom. The third-order valence-electron chi connectivity index (χ3n) is 5.49. The number of fused-ring (bicyclic) bond motifs is 1. The van der Waals surface area contributed by atoms with Gasteiger partial charge in [0.05, 0.1) is 18.4 Å². The predicted molar refractivity (Wildman–Crippen MR) is 122 cm³/mol. The number of carbonyl (C=O) groups is 3. The number of ketones is 1. The van der Waals surface area contributed by atoms with E-state index in [1.54, 1.807) is 50.2 Å². The maximum Gasteiger partial charge on any atom is 0.350 e. The number of ether oxygens (including phenoxy) is 1. The quantitative estimate of drug-likeness (QED) is 0.324. The molecule has 0 fully saturated rings. The Labute approximate surface area is 196 Å². The van der Waals surface area contributed by atoms with Crippen LogP contribution in [0.3, 0.4) is 0 Å². The van der Waals surface area contributed by atoms with Crippen LogP contribution in [0.4, 0.5) is 5.13 Å². The van der Waals surface area contributed by atoms with Crippen molar-refractivity contribution < 1.29 is 33.1 Å². The molecule has 0 radical (unpaired) electrons. The summed E-state index contributed by atoms with van der Waals surface area (Å²) in [5.74, 6) is -2.08. The van der Waals surface area contributed by atoms with Gasteiger partial charge in [-0.2, -0.15) is 0 Å². The molecule has 10 heteroatoms. The predicted octanol–water partition coefficient (Wildman–Crippen LogP) is 4.67. The zero-order valence-electron chi connectivity index (χ0n) is 18.3. The van der Waals surface area contributed by atoms with E-state index >= 15 is 0 Å². The summed E-state index contributed by atoms with van der Waals surface area (Å²) in [5, 5.41) is 11.7. The fourth-order valence-electron chi connectivity index (χ4n) is 3.90. The summed E-state index contributed by atoms with van der Waals surface area (Å²) in [6.45, 7) is 3.32. The summed E-state index contributed by atoms with van der Waals surface area (Å²) in [5.41, 5.74) is 0.646. The third-order valence-corrected chi connectivity index (χ3v) is 6.63. The number of aliphatic hydroxyl groups is 1. The van der Waals surface area contributed by atoms with Gasteiger partial charge in [-0.15, -0.1) is 0 Å². The minimum Gasteiger partial charge on any atom is -0.503 e. The van der Waals surface area contributed by atoms with E-state index in [1.807, 2.05) is 6.07 Å². The first-order valence-corrected chi connectivity index (χ1v) is 11.0. The van der Waals surface area contributed by atoms with Crippen molar-refractivity contribution in [3.8, 4) is 0 Å². The molecule has 1 N–H and O–H groups in total. The Bertz CT molecular complexity index is 1470. The summed E-state index contributed by atoms with van der Waals surface area (Å²) >= 11 is 0.919. The molecule has 1 atom stereocenters. The van der Waals surface area contributed by atoms with Gasteiger partial charge in [-0.3, -0.25) is 14.5 Å². The van der Waals surface area contributed by atoms with E-state index in [0.29, 0.717) is 22.4 Å². The number of hydrogen-bond acceptors (Lipinski definition) is 9. The third kappa shape index (κ3) is 3.30. The lowest BCUT2D eigenvalue weighted by molar-refractivity contribution is -0.117. The number of rotatable bonds is 5. The number of furan rings is 2. The number of aliphatic hydroxyl groups excluding tert-OH is 1. The van der Waals surface area contributed by atoms with Crippen molar-refractivity contribution in [3.63, 3.8) is 0 Å². The van der Waals surface area contributed by atoms with Crippen LogP contribution in [-0.4, -0.2) is 34.9 Å². The molecule has 1 aliphatic heterocycles. The second-order valence-electron chi connectivity index (χ2n) is 7.67. The molecule has 4 aromatic rings. The fourth-order valence-corrected chi connectivity index (χ4v) is 4.91. The van der Waals surface area contributed by atoms with Gasteiger partial charge < -0.3 is 18.7 Å². The monoisotopic (exact) mass is 478 g/mol. The van der Waals surface area contributed by atoms with Crippen LogP contribution in [0.25, 0.3) is 11.0 Å². The number of aromatic nitrogens is 1. The molecule has 1 amide bonds. The van der Waals surface area contributed by atoms with E-state index in [0.717, 1.165) is 16.2 Å². The normalized spacial score (nSPS) is 16.0. The van der Waals surface area contributed by atoms with Crippen molar-refractivity contribution in [1.82, 2.24) is 4.98 Å². The smallest absolute Gasteiger partial charge is 0.350 e. The molecule has 0 saturated heterocycles. The molecule has 4 heterocycles. The molecule has 1 aliphatic rings. The second kappa shape index (κ2) is 7.99. The van der Waals surface area contributed by atoms with Gasteiger partial charge in [0.25, 0.3) is 5.91 Å². The first kappa shape index (κ1) is 21.7. The minimum atomic E-state index is -1.11. The van der Waals surface area contributed by atoms with Crippen LogP contribution in [0.5, 0.6) is 0 Å². The highest BCUT2D eigenvalue weighted by molar-refractivity contribution is 7.17. The van der Waals surface area contributed by atoms with E-state index in [4.69, 9.17) is 13.6 Å². The van der Waals surface area contributed by atoms with Crippen LogP contribution in [0, 0.1) is 13.8 Å². The molecule has 3 aromatic heterocycles. The SMILES string of the molecule is COC(=O)c1sc(N2C(=O)C(O)=C(C(=O)c3cc4ccccc4o3)C2c2ccc(C)o2)nc1C. The number of esters is 1. The zero-order chi connectivity index (χ0) is 24.1. The van der Waals surface area contributed by atoms with Gasteiger partial charge in [-0.1, -0.05) is 29.5 Å². The van der Waals surface area contributed by atoms with Crippen molar-refractivity contribution in [2.24, 2.45) is 0 Å². The summed E-state index contributed by atoms with van der Waals surface area (Å²) < 4.78 is 16.2. The molecular formula is C24H18N2O7S. The van der Waals surface area contributed by atoms with Crippen LogP contribution in [0.15, 0.2) is 62.6 Å². The number of para-hydroxylation sites is 1. The molecule has 0 bridgehead atoms. The second-order valence-corrected chi connectivity index (χ2v) is 8.65. The van der Waals surface area contributed by atoms with Crippen LogP contribution in [-0.2, 0) is 9.53 Å². The number of aryl methyl sites for hydroxylation is 2. The molecular weight excluding hydrogens is 460 g/mol. The van der Waals surface area contributed by atoms with Gasteiger partial charge in [0.2, 0.25) is 5.78 Å². The van der Waals surface area contributed by atoms with Crippen LogP contribution in [0.2, 0.25) is 0 Å². The molecule has 9 nitrogen and oxygen atoms in total. The number of carbonyl (C=O) groups excluding carboxylic acids is 3.